The van der Waals surface area contributed by atoms with Crippen LogP contribution >= 0.6 is 0 Å². The lowest BCUT2D eigenvalue weighted by molar-refractivity contribution is 0.000222. The first-order valence-corrected chi connectivity index (χ1v) is 7.14. The first kappa shape index (κ1) is 11.4. The molecule has 1 aromatic rings. The van der Waals surface area contributed by atoms with E-state index in [1.54, 1.807) is 12.1 Å². The normalized spacial score (nSPS) is 30.9. The maximum absolute atomic E-state index is 10.3. The molecule has 2 heterocycles. The van der Waals surface area contributed by atoms with Crippen LogP contribution in [0.2, 0.25) is 0 Å². The van der Waals surface area contributed by atoms with E-state index in [1.807, 2.05) is 0 Å². The highest BCUT2D eigenvalue weighted by molar-refractivity contribution is 5.69. The van der Waals surface area contributed by atoms with Crippen molar-refractivity contribution in [1.29, 1.82) is 0 Å². The summed E-state index contributed by atoms with van der Waals surface area (Å²) in [5.74, 6) is 1.13. The van der Waals surface area contributed by atoms with Crippen LogP contribution in [-0.4, -0.2) is 29.0 Å². The lowest BCUT2D eigenvalue weighted by atomic mass is 9.72. The fourth-order valence-electron chi connectivity index (χ4n) is 4.32. The molecular formula is C15H19NO3. The van der Waals surface area contributed by atoms with E-state index < -0.39 is 0 Å². The summed E-state index contributed by atoms with van der Waals surface area (Å²) in [6.45, 7) is 1.57. The minimum absolute atomic E-state index is 0.104. The van der Waals surface area contributed by atoms with Gasteiger partial charge in [-0.3, -0.25) is 0 Å². The van der Waals surface area contributed by atoms with E-state index in [4.69, 9.17) is 4.74 Å². The number of aromatic hydroxyl groups is 2. The minimum Gasteiger partial charge on any atom is -0.508 e. The zero-order valence-electron chi connectivity index (χ0n) is 10.9. The Balaban J connectivity index is 1.89. The monoisotopic (exact) mass is 261 g/mol. The van der Waals surface area contributed by atoms with Crippen LogP contribution in [0.3, 0.4) is 0 Å². The number of hydrogen-bond donors (Lipinski definition) is 3. The van der Waals surface area contributed by atoms with Crippen molar-refractivity contribution in [1.82, 2.24) is 0 Å². The van der Waals surface area contributed by atoms with Crippen molar-refractivity contribution in [2.75, 3.05) is 18.5 Å². The van der Waals surface area contributed by atoms with Crippen LogP contribution in [0.25, 0.3) is 0 Å². The summed E-state index contributed by atoms with van der Waals surface area (Å²) < 4.78 is 6.17. The van der Waals surface area contributed by atoms with Gasteiger partial charge in [-0.15, -0.1) is 0 Å². The standard InChI is InChI=1S/C15H19NO3/c17-10-3-4-11(18)14-12(10)13-9(7-16-14)8-19-15(13)5-1-2-6-15/h3-4,9,13,16-18H,1-2,5-8H2. The molecule has 4 heteroatoms. The third-order valence-corrected chi connectivity index (χ3v) is 5.13. The molecular weight excluding hydrogens is 242 g/mol. The van der Waals surface area contributed by atoms with Gasteiger partial charge in [0.1, 0.15) is 11.5 Å². The van der Waals surface area contributed by atoms with Crippen LogP contribution in [0.5, 0.6) is 11.5 Å². The number of nitrogens with one attached hydrogen (secondary N) is 1. The molecule has 2 aliphatic heterocycles. The van der Waals surface area contributed by atoms with E-state index in [2.05, 4.69) is 5.32 Å². The zero-order chi connectivity index (χ0) is 13.0. The molecule has 0 amide bonds. The van der Waals surface area contributed by atoms with Gasteiger partial charge in [-0.05, 0) is 25.0 Å². The van der Waals surface area contributed by atoms with Crippen molar-refractivity contribution in [3.05, 3.63) is 17.7 Å². The van der Waals surface area contributed by atoms with Gasteiger partial charge in [0.2, 0.25) is 0 Å². The number of phenols is 2. The highest BCUT2D eigenvalue weighted by atomic mass is 16.5. The number of phenolic OH excluding ortho intramolecular Hbond substituents is 2. The predicted molar refractivity (Wildman–Crippen MR) is 71.6 cm³/mol. The molecule has 0 radical (unpaired) electrons. The SMILES string of the molecule is Oc1ccc(O)c2c1NCC1COC3(CCCC3)C21. The average molecular weight is 261 g/mol. The number of benzene rings is 1. The van der Waals surface area contributed by atoms with Crippen LogP contribution in [0.4, 0.5) is 5.69 Å². The summed E-state index contributed by atoms with van der Waals surface area (Å²) in [5, 5.41) is 23.5. The Labute approximate surface area is 112 Å². The quantitative estimate of drug-likeness (QED) is 0.496. The molecule has 19 heavy (non-hydrogen) atoms. The van der Waals surface area contributed by atoms with Gasteiger partial charge in [0.25, 0.3) is 0 Å². The molecule has 1 saturated carbocycles. The molecule has 0 aromatic heterocycles. The highest BCUT2D eigenvalue weighted by Crippen LogP contribution is 2.58. The molecule has 4 rings (SSSR count). The third-order valence-electron chi connectivity index (χ3n) is 5.13. The van der Waals surface area contributed by atoms with E-state index in [0.29, 0.717) is 11.6 Å². The highest BCUT2D eigenvalue weighted by Gasteiger charge is 2.54. The van der Waals surface area contributed by atoms with Gasteiger partial charge >= 0.3 is 0 Å². The number of anilines is 1. The van der Waals surface area contributed by atoms with Crippen molar-refractivity contribution < 1.29 is 14.9 Å². The number of fused-ring (bicyclic) bond motifs is 4. The summed E-state index contributed by atoms with van der Waals surface area (Å²) >= 11 is 0. The largest absolute Gasteiger partial charge is 0.508 e. The molecule has 1 saturated heterocycles. The molecule has 2 unspecified atom stereocenters. The second-order valence-electron chi connectivity index (χ2n) is 6.09. The van der Waals surface area contributed by atoms with Gasteiger partial charge in [0.15, 0.2) is 0 Å². The van der Waals surface area contributed by atoms with Crippen LogP contribution in [-0.2, 0) is 4.74 Å². The summed E-state index contributed by atoms with van der Waals surface area (Å²) in [6, 6.07) is 3.15. The van der Waals surface area contributed by atoms with Gasteiger partial charge in [0.05, 0.1) is 17.9 Å². The van der Waals surface area contributed by atoms with E-state index >= 15 is 0 Å². The van der Waals surface area contributed by atoms with E-state index in [9.17, 15) is 10.2 Å². The van der Waals surface area contributed by atoms with Crippen molar-refractivity contribution in [3.63, 3.8) is 0 Å². The van der Waals surface area contributed by atoms with Crippen molar-refractivity contribution in [2.45, 2.75) is 37.2 Å². The Morgan fingerprint density at radius 3 is 2.68 bits per heavy atom. The maximum atomic E-state index is 10.3. The van der Waals surface area contributed by atoms with Gasteiger partial charge in [-0.25, -0.2) is 0 Å². The summed E-state index contributed by atoms with van der Waals surface area (Å²) in [6.07, 6.45) is 4.54. The molecule has 0 bridgehead atoms. The lowest BCUT2D eigenvalue weighted by Crippen LogP contribution is -2.36. The van der Waals surface area contributed by atoms with Gasteiger partial charge < -0.3 is 20.3 Å². The first-order chi connectivity index (χ1) is 9.21. The van der Waals surface area contributed by atoms with Crippen LogP contribution in [0.15, 0.2) is 12.1 Å². The smallest absolute Gasteiger partial charge is 0.139 e. The van der Waals surface area contributed by atoms with Crippen molar-refractivity contribution >= 4 is 5.69 Å². The molecule has 2 fully saturated rings. The summed E-state index contributed by atoms with van der Waals surface area (Å²) in [7, 11) is 0. The number of ether oxygens (including phenoxy) is 1. The van der Waals surface area contributed by atoms with Crippen LogP contribution < -0.4 is 5.32 Å². The Morgan fingerprint density at radius 1 is 1.16 bits per heavy atom. The van der Waals surface area contributed by atoms with Crippen LogP contribution in [0.1, 0.15) is 37.2 Å². The molecule has 3 aliphatic rings. The molecule has 4 nitrogen and oxygen atoms in total. The fraction of sp³-hybridized carbons (Fsp3) is 0.600. The molecule has 102 valence electrons. The molecule has 1 aromatic carbocycles. The molecule has 1 spiro atoms. The first-order valence-electron chi connectivity index (χ1n) is 7.14. The van der Waals surface area contributed by atoms with Crippen molar-refractivity contribution in [2.24, 2.45) is 5.92 Å². The number of hydrogen-bond acceptors (Lipinski definition) is 4. The van der Waals surface area contributed by atoms with Crippen LogP contribution in [0, 0.1) is 5.92 Å². The Kier molecular flexibility index (Phi) is 2.28. The maximum Gasteiger partial charge on any atom is 0.139 e. The predicted octanol–water partition coefficient (Wildman–Crippen LogP) is 2.57. The zero-order valence-corrected chi connectivity index (χ0v) is 10.9. The average Bonchev–Trinajstić information content (AvgIpc) is 3.03. The van der Waals surface area contributed by atoms with E-state index in [1.165, 1.54) is 12.8 Å². The van der Waals surface area contributed by atoms with Gasteiger partial charge in [-0.1, -0.05) is 12.8 Å². The summed E-state index contributed by atoms with van der Waals surface area (Å²) in [5.41, 5.74) is 1.47. The van der Waals surface area contributed by atoms with E-state index in [0.717, 1.165) is 31.6 Å². The molecule has 1 aliphatic carbocycles. The van der Waals surface area contributed by atoms with Crippen molar-refractivity contribution in [3.8, 4) is 11.5 Å². The number of rotatable bonds is 0. The third kappa shape index (κ3) is 1.43. The Bertz CT molecular complexity index is 522. The molecule has 3 N–H and O–H groups in total. The van der Waals surface area contributed by atoms with Gasteiger partial charge in [0, 0.05) is 23.9 Å². The van der Waals surface area contributed by atoms with E-state index in [-0.39, 0.29) is 23.0 Å². The topological polar surface area (TPSA) is 61.7 Å². The Morgan fingerprint density at radius 2 is 1.89 bits per heavy atom. The van der Waals surface area contributed by atoms with Gasteiger partial charge in [-0.2, -0.15) is 0 Å². The fourth-order valence-corrected chi connectivity index (χ4v) is 4.32. The lowest BCUT2D eigenvalue weighted by Gasteiger charge is -2.37. The summed E-state index contributed by atoms with van der Waals surface area (Å²) in [4.78, 5) is 0. The molecule has 2 atom stereocenters. The Hall–Kier alpha value is -1.42. The second-order valence-corrected chi connectivity index (χ2v) is 6.09. The minimum atomic E-state index is -0.104. The second kappa shape index (κ2) is 3.79.